The van der Waals surface area contributed by atoms with Gasteiger partial charge in [0.1, 0.15) is 0 Å². The molecule has 72 valence electrons. The second-order valence-corrected chi connectivity index (χ2v) is 3.53. The van der Waals surface area contributed by atoms with Crippen molar-refractivity contribution in [3.63, 3.8) is 0 Å². The highest BCUT2D eigenvalue weighted by Crippen LogP contribution is 2.04. The minimum absolute atomic E-state index is 0.00645. The zero-order valence-electron chi connectivity index (χ0n) is 7.89. The Labute approximate surface area is 72.9 Å². The van der Waals surface area contributed by atoms with Crippen LogP contribution in [0, 0.1) is 0 Å². The number of ether oxygens (including phenoxy) is 1. The zero-order chi connectivity index (χ0) is 9.61. The van der Waals surface area contributed by atoms with Gasteiger partial charge in [0, 0.05) is 6.54 Å². The molecule has 0 aromatic heterocycles. The summed E-state index contributed by atoms with van der Waals surface area (Å²) in [5.74, 6) is -0.842. The monoisotopic (exact) mass is 175 g/mol. The lowest BCUT2D eigenvalue weighted by atomic mass is 10.2. The summed E-state index contributed by atoms with van der Waals surface area (Å²) in [4.78, 5) is 10.1. The quantitative estimate of drug-likeness (QED) is 0.596. The Morgan fingerprint density at radius 2 is 2.08 bits per heavy atom. The van der Waals surface area contributed by atoms with Crippen LogP contribution in [0.4, 0.5) is 0 Å². The molecule has 0 saturated carbocycles. The molecule has 0 aliphatic carbocycles. The van der Waals surface area contributed by atoms with E-state index in [1.807, 2.05) is 20.8 Å². The minimum Gasteiger partial charge on any atom is -0.480 e. The molecule has 0 aliphatic heterocycles. The molecule has 0 aliphatic rings. The van der Waals surface area contributed by atoms with E-state index in [0.717, 1.165) is 0 Å². The largest absolute Gasteiger partial charge is 0.480 e. The van der Waals surface area contributed by atoms with Gasteiger partial charge in [0.15, 0.2) is 0 Å². The molecular weight excluding hydrogens is 158 g/mol. The first-order valence-electron chi connectivity index (χ1n) is 3.98. The fourth-order valence-electron chi connectivity index (χ4n) is 0.625. The second-order valence-electron chi connectivity index (χ2n) is 3.53. The van der Waals surface area contributed by atoms with Crippen molar-refractivity contribution in [2.75, 3.05) is 19.7 Å². The van der Waals surface area contributed by atoms with Gasteiger partial charge in [0.25, 0.3) is 0 Å². The van der Waals surface area contributed by atoms with Crippen molar-refractivity contribution in [1.82, 2.24) is 5.32 Å². The number of aliphatic carboxylic acids is 1. The summed E-state index contributed by atoms with van der Waals surface area (Å²) in [6, 6.07) is 0. The van der Waals surface area contributed by atoms with Crippen molar-refractivity contribution < 1.29 is 14.6 Å². The summed E-state index contributed by atoms with van der Waals surface area (Å²) in [5.41, 5.74) is -0.148. The van der Waals surface area contributed by atoms with Gasteiger partial charge in [-0.05, 0) is 20.8 Å². The van der Waals surface area contributed by atoms with E-state index in [0.29, 0.717) is 13.2 Å². The van der Waals surface area contributed by atoms with E-state index in [9.17, 15) is 4.79 Å². The molecule has 0 fully saturated rings. The molecule has 0 heterocycles. The maximum absolute atomic E-state index is 10.1. The summed E-state index contributed by atoms with van der Waals surface area (Å²) >= 11 is 0. The average Bonchev–Trinajstić information content (AvgIpc) is 1.83. The van der Waals surface area contributed by atoms with Crippen LogP contribution in [0.2, 0.25) is 0 Å². The summed E-state index contributed by atoms with van der Waals surface area (Å²) < 4.78 is 5.36. The lowest BCUT2D eigenvalue weighted by molar-refractivity contribution is -0.136. The highest BCUT2D eigenvalue weighted by atomic mass is 16.5. The van der Waals surface area contributed by atoms with E-state index < -0.39 is 5.97 Å². The van der Waals surface area contributed by atoms with Gasteiger partial charge in [-0.3, -0.25) is 4.79 Å². The Balaban J connectivity index is 3.17. The van der Waals surface area contributed by atoms with E-state index in [-0.39, 0.29) is 12.1 Å². The number of nitrogens with one attached hydrogen (secondary N) is 1. The molecule has 0 amide bonds. The van der Waals surface area contributed by atoms with Crippen LogP contribution in [0.1, 0.15) is 20.8 Å². The molecular formula is C8H17NO3. The van der Waals surface area contributed by atoms with E-state index in [1.165, 1.54) is 0 Å². The lowest BCUT2D eigenvalue weighted by Crippen LogP contribution is -2.29. The Hall–Kier alpha value is -0.610. The number of carboxylic acids is 1. The van der Waals surface area contributed by atoms with Crippen molar-refractivity contribution in [3.05, 3.63) is 0 Å². The van der Waals surface area contributed by atoms with Crippen molar-refractivity contribution in [2.24, 2.45) is 0 Å². The third-order valence-electron chi connectivity index (χ3n) is 1.09. The molecule has 0 unspecified atom stereocenters. The minimum atomic E-state index is -0.842. The van der Waals surface area contributed by atoms with Crippen molar-refractivity contribution in [1.29, 1.82) is 0 Å². The van der Waals surface area contributed by atoms with Gasteiger partial charge < -0.3 is 15.2 Å². The van der Waals surface area contributed by atoms with Gasteiger partial charge in [0.2, 0.25) is 0 Å². The molecule has 0 aromatic carbocycles. The number of carboxylic acid groups (broad SMARTS) is 1. The average molecular weight is 175 g/mol. The molecule has 0 atom stereocenters. The number of rotatable bonds is 5. The first-order valence-corrected chi connectivity index (χ1v) is 3.98. The molecule has 0 aromatic rings. The number of hydrogen-bond acceptors (Lipinski definition) is 3. The Morgan fingerprint density at radius 1 is 1.50 bits per heavy atom. The predicted molar refractivity (Wildman–Crippen MR) is 46.2 cm³/mol. The summed E-state index contributed by atoms with van der Waals surface area (Å²) in [6.07, 6.45) is 0. The smallest absolute Gasteiger partial charge is 0.317 e. The summed E-state index contributed by atoms with van der Waals surface area (Å²) in [5, 5.41) is 11.0. The van der Waals surface area contributed by atoms with Gasteiger partial charge in [-0.2, -0.15) is 0 Å². The van der Waals surface area contributed by atoms with Crippen LogP contribution in [-0.4, -0.2) is 36.4 Å². The van der Waals surface area contributed by atoms with Crippen molar-refractivity contribution >= 4 is 5.97 Å². The SMILES string of the molecule is CC(C)(C)OCCNCC(=O)O. The highest BCUT2D eigenvalue weighted by molar-refractivity contribution is 5.68. The molecule has 0 spiro atoms. The van der Waals surface area contributed by atoms with Crippen molar-refractivity contribution in [2.45, 2.75) is 26.4 Å². The first kappa shape index (κ1) is 11.4. The van der Waals surface area contributed by atoms with Crippen LogP contribution < -0.4 is 5.32 Å². The molecule has 4 heteroatoms. The summed E-state index contributed by atoms with van der Waals surface area (Å²) in [6.45, 7) is 6.99. The van der Waals surface area contributed by atoms with Crippen LogP contribution in [0.25, 0.3) is 0 Å². The topological polar surface area (TPSA) is 58.6 Å². The van der Waals surface area contributed by atoms with E-state index in [4.69, 9.17) is 9.84 Å². The first-order chi connectivity index (χ1) is 5.42. The van der Waals surface area contributed by atoms with Gasteiger partial charge >= 0.3 is 5.97 Å². The predicted octanol–water partition coefficient (Wildman–Crippen LogP) is 0.476. The molecule has 0 radical (unpaired) electrons. The maximum Gasteiger partial charge on any atom is 0.317 e. The molecule has 12 heavy (non-hydrogen) atoms. The van der Waals surface area contributed by atoms with Gasteiger partial charge in [-0.15, -0.1) is 0 Å². The van der Waals surface area contributed by atoms with Crippen LogP contribution in [0.3, 0.4) is 0 Å². The molecule has 4 nitrogen and oxygen atoms in total. The molecule has 0 bridgehead atoms. The standard InChI is InChI=1S/C8H17NO3/c1-8(2,3)12-5-4-9-6-7(10)11/h9H,4-6H2,1-3H3,(H,10,11). The van der Waals surface area contributed by atoms with Crippen LogP contribution >= 0.6 is 0 Å². The van der Waals surface area contributed by atoms with E-state index >= 15 is 0 Å². The second kappa shape index (κ2) is 5.11. The molecule has 2 N–H and O–H groups in total. The fraction of sp³-hybridized carbons (Fsp3) is 0.875. The third-order valence-corrected chi connectivity index (χ3v) is 1.09. The Bertz CT molecular complexity index is 140. The van der Waals surface area contributed by atoms with Crippen LogP contribution in [0.15, 0.2) is 0 Å². The third kappa shape index (κ3) is 9.39. The number of carbonyl (C=O) groups is 1. The molecule has 0 rings (SSSR count). The van der Waals surface area contributed by atoms with Crippen LogP contribution in [-0.2, 0) is 9.53 Å². The fourth-order valence-corrected chi connectivity index (χ4v) is 0.625. The van der Waals surface area contributed by atoms with Gasteiger partial charge in [-0.1, -0.05) is 0 Å². The molecule has 0 saturated heterocycles. The maximum atomic E-state index is 10.1. The zero-order valence-corrected chi connectivity index (χ0v) is 7.89. The normalized spacial score (nSPS) is 11.6. The lowest BCUT2D eigenvalue weighted by Gasteiger charge is -2.19. The van der Waals surface area contributed by atoms with E-state index in [1.54, 1.807) is 0 Å². The highest BCUT2D eigenvalue weighted by Gasteiger charge is 2.08. The van der Waals surface area contributed by atoms with Gasteiger partial charge in [-0.25, -0.2) is 0 Å². The Kier molecular flexibility index (Phi) is 4.85. The van der Waals surface area contributed by atoms with E-state index in [2.05, 4.69) is 5.32 Å². The van der Waals surface area contributed by atoms with Crippen molar-refractivity contribution in [3.8, 4) is 0 Å². The Morgan fingerprint density at radius 3 is 2.50 bits per heavy atom. The summed E-state index contributed by atoms with van der Waals surface area (Å²) in [7, 11) is 0. The number of hydrogen-bond donors (Lipinski definition) is 2. The van der Waals surface area contributed by atoms with Gasteiger partial charge in [0.05, 0.1) is 18.8 Å². The van der Waals surface area contributed by atoms with Crippen LogP contribution in [0.5, 0.6) is 0 Å².